The van der Waals surface area contributed by atoms with Crippen molar-refractivity contribution in [1.82, 2.24) is 20.2 Å². The molecular weight excluding hydrogens is 232 g/mol. The van der Waals surface area contributed by atoms with Gasteiger partial charge in [0.05, 0.1) is 24.1 Å². The summed E-state index contributed by atoms with van der Waals surface area (Å²) in [6, 6.07) is 2.12. The van der Waals surface area contributed by atoms with Crippen molar-refractivity contribution in [3.8, 4) is 6.07 Å². The Morgan fingerprint density at radius 3 is 3.06 bits per heavy atom. The molecule has 18 heavy (non-hydrogen) atoms. The Balaban J connectivity index is 2.46. The van der Waals surface area contributed by atoms with Crippen molar-refractivity contribution >= 4 is 22.8 Å². The van der Waals surface area contributed by atoms with Crippen LogP contribution in [0.25, 0.3) is 11.0 Å². The lowest BCUT2D eigenvalue weighted by atomic mass is 10.3. The normalized spacial score (nSPS) is 10.3. The van der Waals surface area contributed by atoms with Gasteiger partial charge in [0.2, 0.25) is 5.95 Å². The molecule has 2 heterocycles. The van der Waals surface area contributed by atoms with Crippen LogP contribution in [0, 0.1) is 11.3 Å². The predicted octanol–water partition coefficient (Wildman–Crippen LogP) is 0.378. The van der Waals surface area contributed by atoms with Gasteiger partial charge < -0.3 is 4.90 Å². The Morgan fingerprint density at radius 2 is 2.39 bits per heavy atom. The number of anilines is 2. The van der Waals surface area contributed by atoms with Crippen LogP contribution < -0.4 is 16.2 Å². The molecule has 0 bridgehead atoms. The molecule has 0 aromatic carbocycles. The van der Waals surface area contributed by atoms with Crippen molar-refractivity contribution in [2.45, 2.75) is 13.3 Å². The lowest BCUT2D eigenvalue weighted by molar-refractivity contribution is 0.813. The largest absolute Gasteiger partial charge is 0.355 e. The van der Waals surface area contributed by atoms with Crippen molar-refractivity contribution in [3.05, 3.63) is 6.20 Å². The average Bonchev–Trinajstić information content (AvgIpc) is 2.87. The molecule has 2 aromatic rings. The molecule has 0 radical (unpaired) electrons. The highest BCUT2D eigenvalue weighted by atomic mass is 15.3. The maximum Gasteiger partial charge on any atom is 0.241 e. The molecule has 2 rings (SSSR count). The number of fused-ring (bicyclic) bond motifs is 1. The van der Waals surface area contributed by atoms with Crippen LogP contribution in [-0.2, 0) is 0 Å². The highest BCUT2D eigenvalue weighted by Crippen LogP contribution is 2.23. The number of nitrogens with zero attached hydrogens (tertiary/aromatic N) is 5. The summed E-state index contributed by atoms with van der Waals surface area (Å²) in [5, 5.41) is 16.2. The lowest BCUT2D eigenvalue weighted by Gasteiger charge is -2.21. The first-order valence-corrected chi connectivity index (χ1v) is 5.59. The molecule has 8 nitrogen and oxygen atoms in total. The number of nitrogens with two attached hydrogens (primary N) is 1. The fourth-order valence-electron chi connectivity index (χ4n) is 1.72. The Kier molecular flexibility index (Phi) is 3.54. The number of hydrogen-bond acceptors (Lipinski definition) is 7. The van der Waals surface area contributed by atoms with Gasteiger partial charge in [-0.1, -0.05) is 0 Å². The highest BCUT2D eigenvalue weighted by Gasteiger charge is 2.14. The summed E-state index contributed by atoms with van der Waals surface area (Å²) in [6.45, 7) is 3.35. The standard InChI is InChI=1S/C10H14N8/c1-2-18(5-3-4-11)9-7-6-13-17-8(7)14-10(15-9)16-12/h6H,2-3,5,12H2,1H3,(H2,13,14,15,16,17). The Labute approximate surface area is 104 Å². The number of H-pyrrole nitrogens is 1. The van der Waals surface area contributed by atoms with Gasteiger partial charge in [0.1, 0.15) is 5.82 Å². The van der Waals surface area contributed by atoms with Crippen molar-refractivity contribution in [2.75, 3.05) is 23.4 Å². The minimum absolute atomic E-state index is 0.317. The third-order valence-corrected chi connectivity index (χ3v) is 2.59. The second-order valence-corrected chi connectivity index (χ2v) is 3.64. The molecule has 0 unspecified atom stereocenters. The van der Waals surface area contributed by atoms with Gasteiger partial charge in [0, 0.05) is 13.1 Å². The zero-order valence-corrected chi connectivity index (χ0v) is 10.0. The van der Waals surface area contributed by atoms with Gasteiger partial charge in [-0.3, -0.25) is 10.5 Å². The maximum atomic E-state index is 8.67. The fourth-order valence-corrected chi connectivity index (χ4v) is 1.72. The van der Waals surface area contributed by atoms with E-state index < -0.39 is 0 Å². The van der Waals surface area contributed by atoms with Gasteiger partial charge in [0.25, 0.3) is 0 Å². The molecule has 0 aliphatic heterocycles. The number of hydrazine groups is 1. The van der Waals surface area contributed by atoms with E-state index in [1.165, 1.54) is 0 Å². The zero-order chi connectivity index (χ0) is 13.0. The first kappa shape index (κ1) is 12.1. The summed E-state index contributed by atoms with van der Waals surface area (Å²) in [5.41, 5.74) is 3.04. The van der Waals surface area contributed by atoms with E-state index in [2.05, 4.69) is 31.7 Å². The van der Waals surface area contributed by atoms with Crippen LogP contribution in [0.2, 0.25) is 0 Å². The van der Waals surface area contributed by atoms with E-state index in [1.54, 1.807) is 6.20 Å². The minimum atomic E-state index is 0.317. The molecule has 0 aliphatic carbocycles. The first-order valence-electron chi connectivity index (χ1n) is 5.59. The molecule has 0 aliphatic rings. The van der Waals surface area contributed by atoms with E-state index in [-0.39, 0.29) is 0 Å². The number of rotatable bonds is 5. The maximum absolute atomic E-state index is 8.67. The highest BCUT2D eigenvalue weighted by molar-refractivity contribution is 5.87. The summed E-state index contributed by atoms with van der Waals surface area (Å²) < 4.78 is 0. The van der Waals surface area contributed by atoms with E-state index in [0.717, 1.165) is 17.7 Å². The number of nitrogens with one attached hydrogen (secondary N) is 2. The molecule has 8 heteroatoms. The van der Waals surface area contributed by atoms with E-state index in [4.69, 9.17) is 11.1 Å². The van der Waals surface area contributed by atoms with E-state index >= 15 is 0 Å². The fraction of sp³-hybridized carbons (Fsp3) is 0.400. The van der Waals surface area contributed by atoms with Gasteiger partial charge in [-0.15, -0.1) is 0 Å². The van der Waals surface area contributed by atoms with Crippen LogP contribution in [0.5, 0.6) is 0 Å². The van der Waals surface area contributed by atoms with E-state index in [9.17, 15) is 0 Å². The smallest absolute Gasteiger partial charge is 0.241 e. The molecule has 0 amide bonds. The van der Waals surface area contributed by atoms with Gasteiger partial charge in [0.15, 0.2) is 5.65 Å². The topological polar surface area (TPSA) is 120 Å². The molecule has 2 aromatic heterocycles. The van der Waals surface area contributed by atoms with Crippen molar-refractivity contribution < 1.29 is 0 Å². The lowest BCUT2D eigenvalue weighted by Crippen LogP contribution is -2.25. The van der Waals surface area contributed by atoms with Crippen molar-refractivity contribution in [2.24, 2.45) is 5.84 Å². The first-order chi connectivity index (χ1) is 8.80. The Bertz CT molecular complexity index is 569. The number of nitriles is 1. The van der Waals surface area contributed by atoms with Gasteiger partial charge >= 0.3 is 0 Å². The van der Waals surface area contributed by atoms with Crippen LogP contribution in [0.3, 0.4) is 0 Å². The quantitative estimate of drug-likeness (QED) is 0.515. The summed E-state index contributed by atoms with van der Waals surface area (Å²) in [5.74, 6) is 6.38. The second kappa shape index (κ2) is 5.29. The van der Waals surface area contributed by atoms with E-state index in [1.807, 2.05) is 11.8 Å². The van der Waals surface area contributed by atoms with Gasteiger partial charge in [-0.25, -0.2) is 5.84 Å². The average molecular weight is 246 g/mol. The SMILES string of the molecule is CCN(CCC#N)c1nc(NN)nc2[nH]ncc12. The molecule has 94 valence electrons. The van der Waals surface area contributed by atoms with Crippen LogP contribution in [0.4, 0.5) is 11.8 Å². The van der Waals surface area contributed by atoms with Crippen LogP contribution in [0.1, 0.15) is 13.3 Å². The molecule has 0 fully saturated rings. The predicted molar refractivity (Wildman–Crippen MR) is 67.6 cm³/mol. The summed E-state index contributed by atoms with van der Waals surface area (Å²) in [4.78, 5) is 10.5. The minimum Gasteiger partial charge on any atom is -0.355 e. The third kappa shape index (κ3) is 2.16. The zero-order valence-electron chi connectivity index (χ0n) is 10.0. The summed E-state index contributed by atoms with van der Waals surface area (Å²) >= 11 is 0. The van der Waals surface area contributed by atoms with E-state index in [0.29, 0.717) is 24.6 Å². The number of aromatic nitrogens is 4. The Hall–Kier alpha value is -2.40. The molecular formula is C10H14N8. The second-order valence-electron chi connectivity index (χ2n) is 3.64. The van der Waals surface area contributed by atoms with Crippen LogP contribution >= 0.6 is 0 Å². The van der Waals surface area contributed by atoms with Gasteiger partial charge in [-0.2, -0.15) is 20.3 Å². The molecule has 0 saturated heterocycles. The molecule has 0 atom stereocenters. The van der Waals surface area contributed by atoms with Crippen LogP contribution in [0.15, 0.2) is 6.20 Å². The Morgan fingerprint density at radius 1 is 1.56 bits per heavy atom. The van der Waals surface area contributed by atoms with Crippen molar-refractivity contribution in [1.29, 1.82) is 5.26 Å². The van der Waals surface area contributed by atoms with Crippen molar-refractivity contribution in [3.63, 3.8) is 0 Å². The third-order valence-electron chi connectivity index (χ3n) is 2.59. The van der Waals surface area contributed by atoms with Crippen LogP contribution in [-0.4, -0.2) is 33.3 Å². The number of hydrogen-bond donors (Lipinski definition) is 3. The molecule has 0 spiro atoms. The molecule has 4 N–H and O–H groups in total. The number of aromatic amines is 1. The van der Waals surface area contributed by atoms with Gasteiger partial charge in [-0.05, 0) is 6.92 Å². The number of nitrogen functional groups attached to an aromatic ring is 1. The molecule has 0 saturated carbocycles. The monoisotopic (exact) mass is 246 g/mol. The summed E-state index contributed by atoms with van der Waals surface area (Å²) in [6.07, 6.45) is 2.10. The summed E-state index contributed by atoms with van der Waals surface area (Å²) in [7, 11) is 0.